The maximum atomic E-state index is 6.39. The molecule has 0 aromatic heterocycles. The zero-order valence-corrected chi connectivity index (χ0v) is 12.8. The van der Waals surface area contributed by atoms with Crippen molar-refractivity contribution in [2.24, 2.45) is 11.1 Å². The first kappa shape index (κ1) is 14.8. The van der Waals surface area contributed by atoms with E-state index in [1.165, 1.54) is 16.7 Å². The molecule has 0 fully saturated rings. The second kappa shape index (κ2) is 6.23. The number of hydrogen-bond donors (Lipinski definition) is 1. The van der Waals surface area contributed by atoms with Crippen LogP contribution < -0.4 is 5.73 Å². The second-order valence-corrected chi connectivity index (χ2v) is 6.22. The molecule has 0 spiro atoms. The Kier molecular flexibility index (Phi) is 4.61. The van der Waals surface area contributed by atoms with E-state index in [0.29, 0.717) is 0 Å². The maximum absolute atomic E-state index is 6.39. The molecule has 2 aromatic carbocycles. The Balaban J connectivity index is 2.11. The van der Waals surface area contributed by atoms with E-state index >= 15 is 0 Å². The summed E-state index contributed by atoms with van der Waals surface area (Å²) in [5.41, 5.74) is 10.4. The Labute approximate surface area is 122 Å². The van der Waals surface area contributed by atoms with Crippen LogP contribution in [0.1, 0.15) is 49.9 Å². The van der Waals surface area contributed by atoms with Crippen LogP contribution in [0.3, 0.4) is 0 Å². The predicted molar refractivity (Wildman–Crippen MR) is 86.7 cm³/mol. The minimum absolute atomic E-state index is 0.0956. The number of benzene rings is 2. The molecule has 0 amide bonds. The Morgan fingerprint density at radius 3 is 2.00 bits per heavy atom. The monoisotopic (exact) mass is 267 g/mol. The van der Waals surface area contributed by atoms with Crippen LogP contribution in [0.5, 0.6) is 0 Å². The van der Waals surface area contributed by atoms with Gasteiger partial charge in [-0.15, -0.1) is 0 Å². The summed E-state index contributed by atoms with van der Waals surface area (Å²) < 4.78 is 0. The first-order valence-electron chi connectivity index (χ1n) is 7.41. The molecule has 0 radical (unpaired) electrons. The molecule has 1 heteroatoms. The molecule has 0 aliphatic rings. The van der Waals surface area contributed by atoms with Crippen molar-refractivity contribution in [3.05, 3.63) is 71.3 Å². The van der Waals surface area contributed by atoms with Crippen molar-refractivity contribution in [1.82, 2.24) is 0 Å². The highest BCUT2D eigenvalue weighted by molar-refractivity contribution is 5.30. The van der Waals surface area contributed by atoms with Crippen LogP contribution in [0.25, 0.3) is 0 Å². The van der Waals surface area contributed by atoms with Crippen LogP contribution in [0.4, 0.5) is 0 Å². The first-order chi connectivity index (χ1) is 9.53. The molecule has 2 rings (SSSR count). The third kappa shape index (κ3) is 3.49. The van der Waals surface area contributed by atoms with Gasteiger partial charge in [0, 0.05) is 6.04 Å². The van der Waals surface area contributed by atoms with E-state index in [2.05, 4.69) is 75.4 Å². The van der Waals surface area contributed by atoms with Crippen LogP contribution in [-0.4, -0.2) is 0 Å². The normalized spacial score (nSPS) is 13.2. The van der Waals surface area contributed by atoms with Crippen LogP contribution in [0.2, 0.25) is 0 Å². The molecule has 1 nitrogen and oxygen atoms in total. The highest BCUT2D eigenvalue weighted by atomic mass is 14.7. The fourth-order valence-corrected chi connectivity index (χ4v) is 2.35. The van der Waals surface area contributed by atoms with Crippen molar-refractivity contribution >= 4 is 0 Å². The summed E-state index contributed by atoms with van der Waals surface area (Å²) in [7, 11) is 0. The maximum Gasteiger partial charge on any atom is 0.0346 e. The van der Waals surface area contributed by atoms with Gasteiger partial charge in [-0.3, -0.25) is 0 Å². The van der Waals surface area contributed by atoms with Gasteiger partial charge in [0.2, 0.25) is 0 Å². The summed E-state index contributed by atoms with van der Waals surface area (Å²) in [6, 6.07) is 19.4. The van der Waals surface area contributed by atoms with E-state index in [1.807, 2.05) is 0 Å². The molecular weight excluding hydrogens is 242 g/mol. The molecule has 0 aliphatic carbocycles. The summed E-state index contributed by atoms with van der Waals surface area (Å²) in [5.74, 6) is 0. The fraction of sp³-hybridized carbons (Fsp3) is 0.368. The Morgan fingerprint density at radius 2 is 1.45 bits per heavy atom. The second-order valence-electron chi connectivity index (χ2n) is 6.22. The molecular formula is C19H25N. The van der Waals surface area contributed by atoms with E-state index in [-0.39, 0.29) is 11.5 Å². The van der Waals surface area contributed by atoms with Gasteiger partial charge >= 0.3 is 0 Å². The number of rotatable bonds is 5. The molecule has 0 aliphatic heterocycles. The summed E-state index contributed by atoms with van der Waals surface area (Å²) in [5, 5.41) is 0. The number of hydrogen-bond acceptors (Lipinski definition) is 1. The topological polar surface area (TPSA) is 26.0 Å². The molecule has 106 valence electrons. The molecule has 0 saturated heterocycles. The van der Waals surface area contributed by atoms with Crippen LogP contribution >= 0.6 is 0 Å². The Bertz CT molecular complexity index is 525. The van der Waals surface area contributed by atoms with Crippen molar-refractivity contribution in [2.45, 2.75) is 39.7 Å². The quantitative estimate of drug-likeness (QED) is 0.834. The molecule has 0 saturated carbocycles. The first-order valence-corrected chi connectivity index (χ1v) is 7.41. The lowest BCUT2D eigenvalue weighted by Gasteiger charge is -2.30. The largest absolute Gasteiger partial charge is 0.324 e. The molecule has 20 heavy (non-hydrogen) atoms. The predicted octanol–water partition coefficient (Wildman–Crippen LogP) is 4.71. The average Bonchev–Trinajstić information content (AvgIpc) is 2.48. The van der Waals surface area contributed by atoms with E-state index in [0.717, 1.165) is 12.8 Å². The SMILES string of the molecule is CCC(C)(C)C(N)c1ccc(Cc2ccccc2)cc1. The minimum Gasteiger partial charge on any atom is -0.324 e. The zero-order valence-electron chi connectivity index (χ0n) is 12.8. The van der Waals surface area contributed by atoms with Crippen LogP contribution in [0.15, 0.2) is 54.6 Å². The van der Waals surface area contributed by atoms with Gasteiger partial charge in [-0.05, 0) is 34.9 Å². The van der Waals surface area contributed by atoms with Crippen LogP contribution in [0, 0.1) is 5.41 Å². The van der Waals surface area contributed by atoms with E-state index in [4.69, 9.17) is 5.73 Å². The van der Waals surface area contributed by atoms with E-state index < -0.39 is 0 Å². The highest BCUT2D eigenvalue weighted by Crippen LogP contribution is 2.34. The lowest BCUT2D eigenvalue weighted by Crippen LogP contribution is -2.28. The van der Waals surface area contributed by atoms with Crippen molar-refractivity contribution in [2.75, 3.05) is 0 Å². The molecule has 2 aromatic rings. The molecule has 2 N–H and O–H groups in total. The van der Waals surface area contributed by atoms with Crippen molar-refractivity contribution < 1.29 is 0 Å². The van der Waals surface area contributed by atoms with Crippen molar-refractivity contribution in [3.63, 3.8) is 0 Å². The third-order valence-electron chi connectivity index (χ3n) is 4.34. The van der Waals surface area contributed by atoms with Gasteiger partial charge in [0.05, 0.1) is 0 Å². The van der Waals surface area contributed by atoms with E-state index in [1.54, 1.807) is 0 Å². The lowest BCUT2D eigenvalue weighted by molar-refractivity contribution is 0.278. The minimum atomic E-state index is 0.0956. The van der Waals surface area contributed by atoms with Gasteiger partial charge in [0.15, 0.2) is 0 Å². The molecule has 0 heterocycles. The standard InChI is InChI=1S/C19H25N/c1-4-19(2,3)18(20)17-12-10-16(11-13-17)14-15-8-6-5-7-9-15/h5-13,18H,4,14,20H2,1-3H3. The van der Waals surface area contributed by atoms with Crippen LogP contribution in [-0.2, 0) is 6.42 Å². The Morgan fingerprint density at radius 1 is 0.900 bits per heavy atom. The fourth-order valence-electron chi connectivity index (χ4n) is 2.35. The smallest absolute Gasteiger partial charge is 0.0346 e. The van der Waals surface area contributed by atoms with Crippen molar-refractivity contribution in [3.8, 4) is 0 Å². The zero-order chi connectivity index (χ0) is 14.6. The van der Waals surface area contributed by atoms with Gasteiger partial charge in [0.25, 0.3) is 0 Å². The molecule has 1 unspecified atom stereocenters. The lowest BCUT2D eigenvalue weighted by atomic mass is 9.79. The van der Waals surface area contributed by atoms with Gasteiger partial charge in [-0.1, -0.05) is 75.4 Å². The van der Waals surface area contributed by atoms with Gasteiger partial charge < -0.3 is 5.73 Å². The average molecular weight is 267 g/mol. The summed E-state index contributed by atoms with van der Waals surface area (Å²) in [4.78, 5) is 0. The van der Waals surface area contributed by atoms with Gasteiger partial charge in [0.1, 0.15) is 0 Å². The van der Waals surface area contributed by atoms with E-state index in [9.17, 15) is 0 Å². The van der Waals surface area contributed by atoms with Gasteiger partial charge in [-0.2, -0.15) is 0 Å². The third-order valence-corrected chi connectivity index (χ3v) is 4.34. The summed E-state index contributed by atoms with van der Waals surface area (Å²) in [6.07, 6.45) is 2.06. The number of nitrogens with two attached hydrogens (primary N) is 1. The Hall–Kier alpha value is -1.60. The molecule has 0 bridgehead atoms. The van der Waals surface area contributed by atoms with Crippen molar-refractivity contribution in [1.29, 1.82) is 0 Å². The van der Waals surface area contributed by atoms with Gasteiger partial charge in [-0.25, -0.2) is 0 Å². The summed E-state index contributed by atoms with van der Waals surface area (Å²) >= 11 is 0. The molecule has 1 atom stereocenters. The summed E-state index contributed by atoms with van der Waals surface area (Å²) in [6.45, 7) is 6.66. The highest BCUT2D eigenvalue weighted by Gasteiger charge is 2.25.